The van der Waals surface area contributed by atoms with Crippen LogP contribution in [0.1, 0.15) is 24.4 Å². The molecule has 8 heteroatoms. The van der Waals surface area contributed by atoms with Crippen LogP contribution in [-0.4, -0.2) is 33.9 Å². The Morgan fingerprint density at radius 1 is 1.52 bits per heavy atom. The average molecular weight is 357 g/mol. The second-order valence-electron chi connectivity index (χ2n) is 4.89. The van der Waals surface area contributed by atoms with Crippen LogP contribution in [0.15, 0.2) is 22.7 Å². The molecule has 7 nitrogen and oxygen atoms in total. The Kier molecular flexibility index (Phi) is 4.26. The van der Waals surface area contributed by atoms with E-state index < -0.39 is 22.9 Å². The van der Waals surface area contributed by atoms with Crippen LogP contribution >= 0.6 is 15.9 Å². The van der Waals surface area contributed by atoms with Gasteiger partial charge in [0.05, 0.1) is 22.4 Å². The Morgan fingerprint density at radius 3 is 2.76 bits per heavy atom. The lowest BCUT2D eigenvalue weighted by atomic mass is 9.84. The van der Waals surface area contributed by atoms with Crippen molar-refractivity contribution in [1.82, 2.24) is 4.90 Å². The molecule has 1 aromatic rings. The largest absolute Gasteiger partial charge is 0.481 e. The number of nitro groups is 1. The zero-order valence-electron chi connectivity index (χ0n) is 11.2. The van der Waals surface area contributed by atoms with Crippen LogP contribution in [0.3, 0.4) is 0 Å². The molecule has 1 saturated heterocycles. The number of piperidine rings is 1. The Balaban J connectivity index is 2.57. The van der Waals surface area contributed by atoms with Crippen molar-refractivity contribution in [2.75, 3.05) is 7.05 Å². The second kappa shape index (κ2) is 5.80. The number of nitro benzene ring substituents is 1. The number of amides is 1. The number of benzene rings is 1. The summed E-state index contributed by atoms with van der Waals surface area (Å²) < 4.78 is 0.523. The van der Waals surface area contributed by atoms with Gasteiger partial charge in [-0.3, -0.25) is 19.7 Å². The Hall–Kier alpha value is -1.96. The molecule has 0 saturated carbocycles. The molecule has 1 fully saturated rings. The minimum absolute atomic E-state index is 0.133. The molecule has 1 N–H and O–H groups in total. The second-order valence-corrected chi connectivity index (χ2v) is 5.81. The molecule has 0 radical (unpaired) electrons. The van der Waals surface area contributed by atoms with E-state index in [9.17, 15) is 24.8 Å². The third-order valence-electron chi connectivity index (χ3n) is 3.69. The molecule has 112 valence electrons. The van der Waals surface area contributed by atoms with Gasteiger partial charge < -0.3 is 10.0 Å². The van der Waals surface area contributed by atoms with Crippen molar-refractivity contribution < 1.29 is 19.6 Å². The molecule has 0 aliphatic carbocycles. The molecule has 1 heterocycles. The summed E-state index contributed by atoms with van der Waals surface area (Å²) in [5.74, 6) is -2.13. The van der Waals surface area contributed by atoms with Gasteiger partial charge in [0.2, 0.25) is 5.91 Å². The summed E-state index contributed by atoms with van der Waals surface area (Å²) in [6.45, 7) is 0. The highest BCUT2D eigenvalue weighted by Gasteiger charge is 2.41. The molecule has 0 spiro atoms. The molecule has 0 bridgehead atoms. The lowest BCUT2D eigenvalue weighted by Crippen LogP contribution is -2.43. The van der Waals surface area contributed by atoms with Gasteiger partial charge >= 0.3 is 5.97 Å². The fraction of sp³-hybridized carbons (Fsp3) is 0.385. The van der Waals surface area contributed by atoms with E-state index in [1.54, 1.807) is 6.07 Å². The van der Waals surface area contributed by atoms with Gasteiger partial charge in [0.15, 0.2) is 0 Å². The van der Waals surface area contributed by atoms with Crippen LogP contribution < -0.4 is 0 Å². The number of rotatable bonds is 3. The van der Waals surface area contributed by atoms with Gasteiger partial charge in [0.1, 0.15) is 0 Å². The van der Waals surface area contributed by atoms with E-state index in [1.807, 2.05) is 0 Å². The van der Waals surface area contributed by atoms with E-state index in [4.69, 9.17) is 0 Å². The fourth-order valence-electron chi connectivity index (χ4n) is 2.65. The molecule has 21 heavy (non-hydrogen) atoms. The number of hydrogen-bond donors (Lipinski definition) is 1. The van der Waals surface area contributed by atoms with Gasteiger partial charge in [0.25, 0.3) is 5.69 Å². The standard InChI is InChI=1S/C13H13BrN2O5/c1-15-11(17)5-4-9(13(18)19)12(15)8-3-2-7(14)6-10(8)16(20)21/h2-3,6,9,12H,4-5H2,1H3,(H,18,19). The third kappa shape index (κ3) is 2.90. The Labute approximate surface area is 128 Å². The minimum atomic E-state index is -1.06. The number of carbonyl (C=O) groups excluding carboxylic acids is 1. The number of likely N-dealkylation sites (tertiary alicyclic amines) is 1. The van der Waals surface area contributed by atoms with Crippen LogP contribution in [-0.2, 0) is 9.59 Å². The van der Waals surface area contributed by atoms with E-state index in [0.29, 0.717) is 4.47 Å². The van der Waals surface area contributed by atoms with Crippen molar-refractivity contribution in [3.63, 3.8) is 0 Å². The predicted molar refractivity (Wildman–Crippen MR) is 76.7 cm³/mol. The van der Waals surface area contributed by atoms with Gasteiger partial charge in [-0.05, 0) is 18.6 Å². The number of aliphatic carboxylic acids is 1. The SMILES string of the molecule is CN1C(=O)CCC(C(=O)O)C1c1ccc(Br)cc1[N+](=O)[O-]. The van der Waals surface area contributed by atoms with Crippen LogP contribution in [0.4, 0.5) is 5.69 Å². The lowest BCUT2D eigenvalue weighted by Gasteiger charge is -2.36. The smallest absolute Gasteiger partial charge is 0.308 e. The van der Waals surface area contributed by atoms with Gasteiger partial charge in [-0.25, -0.2) is 0 Å². The first kappa shape index (κ1) is 15.4. The fourth-order valence-corrected chi connectivity index (χ4v) is 3.00. The third-order valence-corrected chi connectivity index (χ3v) is 4.18. The van der Waals surface area contributed by atoms with E-state index in [0.717, 1.165) is 0 Å². The quantitative estimate of drug-likeness (QED) is 0.661. The van der Waals surface area contributed by atoms with Crippen molar-refractivity contribution >= 4 is 33.5 Å². The summed E-state index contributed by atoms with van der Waals surface area (Å²) in [5, 5.41) is 20.6. The highest BCUT2D eigenvalue weighted by molar-refractivity contribution is 9.10. The molecular weight excluding hydrogens is 344 g/mol. The minimum Gasteiger partial charge on any atom is -0.481 e. The molecule has 1 aromatic carbocycles. The topological polar surface area (TPSA) is 101 Å². The molecule has 1 aliphatic rings. The number of carboxylic acid groups (broad SMARTS) is 1. The van der Waals surface area contributed by atoms with Crippen LogP contribution in [0, 0.1) is 16.0 Å². The van der Waals surface area contributed by atoms with Crippen molar-refractivity contribution in [3.05, 3.63) is 38.3 Å². The first-order valence-corrected chi connectivity index (χ1v) is 7.04. The van der Waals surface area contributed by atoms with Crippen molar-refractivity contribution in [3.8, 4) is 0 Å². The summed E-state index contributed by atoms with van der Waals surface area (Å²) in [6, 6.07) is 3.59. The maximum absolute atomic E-state index is 11.8. The molecular formula is C13H13BrN2O5. The normalized spacial score (nSPS) is 22.2. The predicted octanol–water partition coefficient (Wildman–Crippen LogP) is 2.35. The van der Waals surface area contributed by atoms with Gasteiger partial charge in [0, 0.05) is 24.0 Å². The summed E-state index contributed by atoms with van der Waals surface area (Å²) in [4.78, 5) is 35.2. The number of carbonyl (C=O) groups is 2. The van der Waals surface area contributed by atoms with E-state index in [2.05, 4.69) is 15.9 Å². The van der Waals surface area contributed by atoms with Gasteiger partial charge in [-0.2, -0.15) is 0 Å². The maximum atomic E-state index is 11.8. The molecule has 2 rings (SSSR count). The summed E-state index contributed by atoms with van der Waals surface area (Å²) in [5.41, 5.74) is 0.0494. The Bertz CT molecular complexity index is 619. The number of nitrogens with zero attached hydrogens (tertiary/aromatic N) is 2. The van der Waals surface area contributed by atoms with Crippen LogP contribution in [0.25, 0.3) is 0 Å². The zero-order valence-corrected chi connectivity index (χ0v) is 12.7. The average Bonchev–Trinajstić information content (AvgIpc) is 2.41. The molecule has 2 unspecified atom stereocenters. The lowest BCUT2D eigenvalue weighted by molar-refractivity contribution is -0.386. The maximum Gasteiger partial charge on any atom is 0.308 e. The van der Waals surface area contributed by atoms with Gasteiger partial charge in [-0.1, -0.05) is 15.9 Å². The molecule has 0 aromatic heterocycles. The highest BCUT2D eigenvalue weighted by Crippen LogP contribution is 2.40. The molecule has 2 atom stereocenters. The van der Waals surface area contributed by atoms with E-state index in [-0.39, 0.29) is 30.0 Å². The Morgan fingerprint density at radius 2 is 2.19 bits per heavy atom. The van der Waals surface area contributed by atoms with Crippen LogP contribution in [0.2, 0.25) is 0 Å². The van der Waals surface area contributed by atoms with E-state index >= 15 is 0 Å². The summed E-state index contributed by atoms with van der Waals surface area (Å²) >= 11 is 3.16. The summed E-state index contributed by atoms with van der Waals surface area (Å²) in [7, 11) is 1.48. The van der Waals surface area contributed by atoms with Crippen molar-refractivity contribution in [2.45, 2.75) is 18.9 Å². The van der Waals surface area contributed by atoms with Gasteiger partial charge in [-0.15, -0.1) is 0 Å². The monoisotopic (exact) mass is 356 g/mol. The number of hydrogen-bond acceptors (Lipinski definition) is 4. The number of carboxylic acids is 1. The molecule has 1 aliphatic heterocycles. The zero-order chi connectivity index (χ0) is 15.7. The number of halogens is 1. The first-order chi connectivity index (χ1) is 9.82. The molecule has 1 amide bonds. The van der Waals surface area contributed by atoms with Crippen LogP contribution in [0.5, 0.6) is 0 Å². The van der Waals surface area contributed by atoms with Crippen molar-refractivity contribution in [2.24, 2.45) is 5.92 Å². The highest BCUT2D eigenvalue weighted by atomic mass is 79.9. The summed E-state index contributed by atoms with van der Waals surface area (Å²) in [6.07, 6.45) is 0.310. The van der Waals surface area contributed by atoms with E-state index in [1.165, 1.54) is 24.1 Å². The van der Waals surface area contributed by atoms with Crippen molar-refractivity contribution in [1.29, 1.82) is 0 Å². The first-order valence-electron chi connectivity index (χ1n) is 6.25.